The summed E-state index contributed by atoms with van der Waals surface area (Å²) >= 11 is 0. The second kappa shape index (κ2) is 9.73. The molecule has 2 heterocycles. The molecule has 31 heavy (non-hydrogen) atoms. The predicted molar refractivity (Wildman–Crippen MR) is 125 cm³/mol. The van der Waals surface area contributed by atoms with Gasteiger partial charge in [0, 0.05) is 30.9 Å². The van der Waals surface area contributed by atoms with Crippen LogP contribution in [0, 0.1) is 5.92 Å². The lowest BCUT2D eigenvalue weighted by molar-refractivity contribution is 0.0943. The maximum atomic E-state index is 12.9. The number of hydrogen-bond donors (Lipinski definition) is 1. The van der Waals surface area contributed by atoms with Crippen molar-refractivity contribution in [2.45, 2.75) is 39.2 Å². The maximum absolute atomic E-state index is 12.9. The van der Waals surface area contributed by atoms with Crippen molar-refractivity contribution in [3.05, 3.63) is 78.0 Å². The molecule has 1 amide bonds. The number of nitrogens with one attached hydrogen (secondary N) is 1. The Bertz CT molecular complexity index is 996. The number of nitrogens with zero attached hydrogens (tertiary/aromatic N) is 3. The van der Waals surface area contributed by atoms with Gasteiger partial charge in [0.1, 0.15) is 11.4 Å². The predicted octanol–water partition coefficient (Wildman–Crippen LogP) is 4.74. The van der Waals surface area contributed by atoms with Crippen molar-refractivity contribution in [1.29, 1.82) is 0 Å². The SMILES string of the molecule is CC(C)NC(=O)c1cnc(-c2ccccc2)nc1N1CCC(Cc2ccccc2)CC1. The van der Waals surface area contributed by atoms with Gasteiger partial charge in [-0.2, -0.15) is 0 Å². The molecule has 5 heteroatoms. The van der Waals surface area contributed by atoms with Gasteiger partial charge in [0.2, 0.25) is 0 Å². The van der Waals surface area contributed by atoms with Crippen LogP contribution in [-0.4, -0.2) is 35.0 Å². The highest BCUT2D eigenvalue weighted by atomic mass is 16.1. The molecule has 0 bridgehead atoms. The highest BCUT2D eigenvalue weighted by molar-refractivity contribution is 5.99. The first-order valence-electron chi connectivity index (χ1n) is 11.1. The van der Waals surface area contributed by atoms with Crippen LogP contribution in [0.15, 0.2) is 66.9 Å². The number of carbonyl (C=O) groups is 1. The number of aromatic nitrogens is 2. The van der Waals surface area contributed by atoms with Gasteiger partial charge in [-0.25, -0.2) is 9.97 Å². The largest absolute Gasteiger partial charge is 0.356 e. The summed E-state index contributed by atoms with van der Waals surface area (Å²) in [4.78, 5) is 24.5. The highest BCUT2D eigenvalue weighted by Gasteiger charge is 2.25. The summed E-state index contributed by atoms with van der Waals surface area (Å²) < 4.78 is 0. The first kappa shape index (κ1) is 21.0. The van der Waals surface area contributed by atoms with Gasteiger partial charge in [0.05, 0.1) is 0 Å². The Morgan fingerprint density at radius 1 is 1.03 bits per heavy atom. The molecule has 1 aliphatic rings. The van der Waals surface area contributed by atoms with Crippen molar-refractivity contribution in [1.82, 2.24) is 15.3 Å². The average Bonchev–Trinajstić information content (AvgIpc) is 2.80. The Morgan fingerprint density at radius 2 is 1.68 bits per heavy atom. The van der Waals surface area contributed by atoms with Crippen molar-refractivity contribution < 1.29 is 4.79 Å². The van der Waals surface area contributed by atoms with E-state index in [4.69, 9.17) is 4.98 Å². The minimum atomic E-state index is -0.115. The quantitative estimate of drug-likeness (QED) is 0.633. The van der Waals surface area contributed by atoms with Crippen LogP contribution in [-0.2, 0) is 6.42 Å². The van der Waals surface area contributed by atoms with Crippen molar-refractivity contribution in [3.63, 3.8) is 0 Å². The number of carbonyl (C=O) groups excluding carboxylic acids is 1. The van der Waals surface area contributed by atoms with E-state index in [1.807, 2.05) is 44.2 Å². The lowest BCUT2D eigenvalue weighted by atomic mass is 9.90. The topological polar surface area (TPSA) is 58.1 Å². The van der Waals surface area contributed by atoms with Crippen molar-refractivity contribution in [2.75, 3.05) is 18.0 Å². The number of piperidine rings is 1. The zero-order valence-corrected chi connectivity index (χ0v) is 18.3. The molecule has 1 N–H and O–H groups in total. The lowest BCUT2D eigenvalue weighted by Crippen LogP contribution is -2.38. The van der Waals surface area contributed by atoms with E-state index >= 15 is 0 Å². The minimum absolute atomic E-state index is 0.0609. The Labute approximate surface area is 184 Å². The molecule has 0 spiro atoms. The van der Waals surface area contributed by atoms with Gasteiger partial charge in [0.15, 0.2) is 5.82 Å². The van der Waals surface area contributed by atoms with Gasteiger partial charge >= 0.3 is 0 Å². The van der Waals surface area contributed by atoms with Crippen LogP contribution in [0.3, 0.4) is 0 Å². The van der Waals surface area contributed by atoms with Gasteiger partial charge in [-0.3, -0.25) is 4.79 Å². The smallest absolute Gasteiger partial charge is 0.256 e. The third-order valence-electron chi connectivity index (χ3n) is 5.75. The molecule has 0 radical (unpaired) electrons. The van der Waals surface area contributed by atoms with Crippen LogP contribution in [0.5, 0.6) is 0 Å². The van der Waals surface area contributed by atoms with Gasteiger partial charge in [0.25, 0.3) is 5.91 Å². The maximum Gasteiger partial charge on any atom is 0.256 e. The Hall–Kier alpha value is -3.21. The zero-order chi connectivity index (χ0) is 21.6. The molecular weight excluding hydrogens is 384 g/mol. The van der Waals surface area contributed by atoms with Crippen LogP contribution in [0.1, 0.15) is 42.6 Å². The fourth-order valence-corrected chi connectivity index (χ4v) is 4.14. The number of rotatable bonds is 6. The number of amides is 1. The summed E-state index contributed by atoms with van der Waals surface area (Å²) in [5.74, 6) is 1.94. The summed E-state index contributed by atoms with van der Waals surface area (Å²) in [6, 6.07) is 20.7. The van der Waals surface area contributed by atoms with E-state index in [0.29, 0.717) is 17.3 Å². The van der Waals surface area contributed by atoms with E-state index in [1.165, 1.54) is 5.56 Å². The molecule has 0 unspecified atom stereocenters. The van der Waals surface area contributed by atoms with Crippen LogP contribution in [0.4, 0.5) is 5.82 Å². The standard InChI is InChI=1S/C26H30N4O/c1-19(2)28-26(31)23-18-27-24(22-11-7-4-8-12-22)29-25(23)30-15-13-21(14-16-30)17-20-9-5-3-6-10-20/h3-12,18-19,21H,13-17H2,1-2H3,(H,28,31). The lowest BCUT2D eigenvalue weighted by Gasteiger charge is -2.34. The molecule has 0 saturated carbocycles. The third-order valence-corrected chi connectivity index (χ3v) is 5.75. The van der Waals surface area contributed by atoms with Crippen molar-refractivity contribution in [3.8, 4) is 11.4 Å². The fraction of sp³-hybridized carbons (Fsp3) is 0.346. The van der Waals surface area contributed by atoms with Gasteiger partial charge in [-0.15, -0.1) is 0 Å². The first-order chi connectivity index (χ1) is 15.1. The number of benzene rings is 2. The third kappa shape index (κ3) is 5.29. The highest BCUT2D eigenvalue weighted by Crippen LogP contribution is 2.28. The van der Waals surface area contributed by atoms with E-state index in [9.17, 15) is 4.79 Å². The molecule has 1 aliphatic heterocycles. The molecule has 0 atom stereocenters. The molecule has 0 aliphatic carbocycles. The van der Waals surface area contributed by atoms with Crippen LogP contribution in [0.25, 0.3) is 11.4 Å². The van der Waals surface area contributed by atoms with Gasteiger partial charge in [-0.05, 0) is 44.6 Å². The van der Waals surface area contributed by atoms with E-state index in [2.05, 4.69) is 45.5 Å². The second-order valence-corrected chi connectivity index (χ2v) is 8.55. The van der Waals surface area contributed by atoms with E-state index in [0.717, 1.165) is 43.7 Å². The first-order valence-corrected chi connectivity index (χ1v) is 11.1. The molecule has 1 aromatic heterocycles. The van der Waals surface area contributed by atoms with E-state index < -0.39 is 0 Å². The minimum Gasteiger partial charge on any atom is -0.356 e. The summed E-state index contributed by atoms with van der Waals surface area (Å²) in [7, 11) is 0. The molecule has 3 aromatic rings. The molecule has 1 saturated heterocycles. The van der Waals surface area contributed by atoms with Crippen LogP contribution in [0.2, 0.25) is 0 Å². The summed E-state index contributed by atoms with van der Waals surface area (Å²) in [5.41, 5.74) is 2.90. The number of anilines is 1. The van der Waals surface area contributed by atoms with Crippen LogP contribution < -0.4 is 10.2 Å². The average molecular weight is 415 g/mol. The molecule has 2 aromatic carbocycles. The second-order valence-electron chi connectivity index (χ2n) is 8.55. The summed E-state index contributed by atoms with van der Waals surface area (Å²) in [6.07, 6.45) is 4.96. The molecule has 5 nitrogen and oxygen atoms in total. The zero-order valence-electron chi connectivity index (χ0n) is 18.3. The van der Waals surface area contributed by atoms with E-state index in [-0.39, 0.29) is 11.9 Å². The normalized spacial score (nSPS) is 14.6. The van der Waals surface area contributed by atoms with Gasteiger partial charge < -0.3 is 10.2 Å². The molecule has 4 rings (SSSR count). The van der Waals surface area contributed by atoms with Crippen molar-refractivity contribution >= 4 is 11.7 Å². The monoisotopic (exact) mass is 414 g/mol. The molecule has 1 fully saturated rings. The molecule has 160 valence electrons. The van der Waals surface area contributed by atoms with Gasteiger partial charge in [-0.1, -0.05) is 60.7 Å². The Morgan fingerprint density at radius 3 is 2.32 bits per heavy atom. The van der Waals surface area contributed by atoms with Crippen LogP contribution >= 0.6 is 0 Å². The van der Waals surface area contributed by atoms with E-state index in [1.54, 1.807) is 6.20 Å². The Balaban J connectivity index is 1.55. The Kier molecular flexibility index (Phi) is 6.60. The fourth-order valence-electron chi connectivity index (χ4n) is 4.14. The molecular formula is C26H30N4O. The summed E-state index contributed by atoms with van der Waals surface area (Å²) in [5, 5.41) is 2.99. The summed E-state index contributed by atoms with van der Waals surface area (Å²) in [6.45, 7) is 5.72. The van der Waals surface area contributed by atoms with Crippen molar-refractivity contribution in [2.24, 2.45) is 5.92 Å². The number of hydrogen-bond acceptors (Lipinski definition) is 4.